The highest BCUT2D eigenvalue weighted by Gasteiger charge is 2.18. The van der Waals surface area contributed by atoms with E-state index in [-0.39, 0.29) is 18.5 Å². The van der Waals surface area contributed by atoms with Crippen molar-refractivity contribution in [3.63, 3.8) is 0 Å². The van der Waals surface area contributed by atoms with Crippen molar-refractivity contribution >= 4 is 11.9 Å². The van der Waals surface area contributed by atoms with Gasteiger partial charge in [-0.2, -0.15) is 0 Å². The highest BCUT2D eigenvalue weighted by molar-refractivity contribution is 5.76. The fraction of sp³-hybridized carbons (Fsp3) is 0.897. The molecule has 378 valence electrons. The Hall–Kier alpha value is -1.66. The average molecular weight is 903 g/mol. The lowest BCUT2D eigenvalue weighted by atomic mass is 10.0. The largest absolute Gasteiger partial charge is 0.466 e. The molecule has 64 heavy (non-hydrogen) atoms. The summed E-state index contributed by atoms with van der Waals surface area (Å²) in [5.74, 6) is -0.0734. The number of hydrogen-bond donors (Lipinski definition) is 3. The van der Waals surface area contributed by atoms with Gasteiger partial charge in [-0.1, -0.05) is 263 Å². The zero-order valence-electron chi connectivity index (χ0n) is 43.0. The van der Waals surface area contributed by atoms with Gasteiger partial charge in [-0.25, -0.2) is 0 Å². The third-order valence-electron chi connectivity index (χ3n) is 13.2. The number of rotatable bonds is 53. The van der Waals surface area contributed by atoms with Crippen molar-refractivity contribution in [3.8, 4) is 0 Å². The lowest BCUT2D eigenvalue weighted by molar-refractivity contribution is -0.143. The second-order valence-corrected chi connectivity index (χ2v) is 19.6. The van der Waals surface area contributed by atoms with E-state index in [4.69, 9.17) is 4.74 Å². The number of esters is 1. The fourth-order valence-electron chi connectivity index (χ4n) is 8.81. The summed E-state index contributed by atoms with van der Waals surface area (Å²) in [6.45, 7) is 4.89. The molecule has 6 nitrogen and oxygen atoms in total. The third-order valence-corrected chi connectivity index (χ3v) is 13.2. The highest BCUT2D eigenvalue weighted by atomic mass is 16.5. The minimum atomic E-state index is -0.847. The number of hydrogen-bond acceptors (Lipinski definition) is 5. The van der Waals surface area contributed by atoms with Crippen LogP contribution in [0.2, 0.25) is 0 Å². The first-order valence-electron chi connectivity index (χ1n) is 28.6. The number of aliphatic hydroxyl groups excluding tert-OH is 2. The van der Waals surface area contributed by atoms with Crippen molar-refractivity contribution in [3.05, 3.63) is 24.3 Å². The monoisotopic (exact) mass is 902 g/mol. The quantitative estimate of drug-likeness (QED) is 0.0321. The van der Waals surface area contributed by atoms with E-state index in [9.17, 15) is 19.8 Å². The van der Waals surface area contributed by atoms with Crippen LogP contribution >= 0.6 is 0 Å². The molecular formula is C58H111NO5. The van der Waals surface area contributed by atoms with Crippen LogP contribution in [-0.4, -0.2) is 47.4 Å². The lowest BCUT2D eigenvalue weighted by Gasteiger charge is -2.20. The Labute approximate surface area is 399 Å². The molecule has 0 aliphatic carbocycles. The Morgan fingerprint density at radius 3 is 1.12 bits per heavy atom. The van der Waals surface area contributed by atoms with E-state index in [0.717, 1.165) is 44.9 Å². The van der Waals surface area contributed by atoms with E-state index in [1.54, 1.807) is 6.08 Å². The summed E-state index contributed by atoms with van der Waals surface area (Å²) in [7, 11) is 0. The van der Waals surface area contributed by atoms with Gasteiger partial charge in [0.05, 0.1) is 25.4 Å². The van der Waals surface area contributed by atoms with E-state index in [1.807, 2.05) is 6.08 Å². The van der Waals surface area contributed by atoms with Crippen LogP contribution in [0.15, 0.2) is 24.3 Å². The molecule has 0 aromatic carbocycles. The number of carbonyl (C=O) groups is 2. The molecule has 0 fully saturated rings. The minimum absolute atomic E-state index is 0.00268. The summed E-state index contributed by atoms with van der Waals surface area (Å²) in [6.07, 6.45) is 64.8. The van der Waals surface area contributed by atoms with Gasteiger partial charge in [-0.15, -0.1) is 0 Å². The summed E-state index contributed by atoms with van der Waals surface area (Å²) in [6, 6.07) is -0.631. The second kappa shape index (κ2) is 54.0. The maximum atomic E-state index is 12.5. The van der Waals surface area contributed by atoms with Gasteiger partial charge in [0, 0.05) is 12.8 Å². The molecule has 0 aromatic rings. The first-order chi connectivity index (χ1) is 31.5. The van der Waals surface area contributed by atoms with Gasteiger partial charge >= 0.3 is 5.97 Å². The molecule has 6 heteroatoms. The zero-order chi connectivity index (χ0) is 46.5. The van der Waals surface area contributed by atoms with Crippen LogP contribution in [0.5, 0.6) is 0 Å². The molecule has 2 atom stereocenters. The first kappa shape index (κ1) is 62.3. The van der Waals surface area contributed by atoms with Crippen LogP contribution in [0.1, 0.15) is 309 Å². The summed E-state index contributed by atoms with van der Waals surface area (Å²) < 4.78 is 5.46. The van der Waals surface area contributed by atoms with Gasteiger partial charge in [-0.05, 0) is 57.8 Å². The molecule has 0 bridgehead atoms. The van der Waals surface area contributed by atoms with Gasteiger partial charge in [0.2, 0.25) is 5.91 Å². The smallest absolute Gasteiger partial charge is 0.305 e. The Morgan fingerprint density at radius 2 is 0.734 bits per heavy atom. The minimum Gasteiger partial charge on any atom is -0.466 e. The summed E-state index contributed by atoms with van der Waals surface area (Å²) in [5.41, 5.74) is 0. The number of amides is 1. The van der Waals surface area contributed by atoms with Crippen LogP contribution in [0.4, 0.5) is 0 Å². The predicted molar refractivity (Wildman–Crippen MR) is 278 cm³/mol. The van der Waals surface area contributed by atoms with Crippen LogP contribution in [0, 0.1) is 0 Å². The Bertz CT molecular complexity index is 997. The molecule has 0 saturated heterocycles. The summed E-state index contributed by atoms with van der Waals surface area (Å²) in [5, 5.41) is 23.1. The van der Waals surface area contributed by atoms with E-state index >= 15 is 0 Å². The number of allylic oxidation sites excluding steroid dienone is 3. The summed E-state index contributed by atoms with van der Waals surface area (Å²) in [4.78, 5) is 24.5. The number of nitrogens with one attached hydrogen (secondary N) is 1. The SMILES string of the molecule is CCCCCC/C=C\CCCCCCCC(=O)OCCCCCCCCCCCCCCCCCCCCC(=O)NC(CO)C(O)/C=C/CCCCCCCCCCCCCCCC. The maximum Gasteiger partial charge on any atom is 0.305 e. The molecule has 1 amide bonds. The molecule has 0 aliphatic rings. The topological polar surface area (TPSA) is 95.9 Å². The van der Waals surface area contributed by atoms with E-state index < -0.39 is 12.1 Å². The second-order valence-electron chi connectivity index (χ2n) is 19.6. The Kier molecular flexibility index (Phi) is 52.6. The van der Waals surface area contributed by atoms with Crippen molar-refractivity contribution < 1.29 is 24.5 Å². The summed E-state index contributed by atoms with van der Waals surface area (Å²) >= 11 is 0. The maximum absolute atomic E-state index is 12.5. The van der Waals surface area contributed by atoms with Crippen LogP contribution < -0.4 is 5.32 Å². The zero-order valence-corrected chi connectivity index (χ0v) is 43.0. The number of ether oxygens (including phenoxy) is 1. The van der Waals surface area contributed by atoms with Gasteiger partial charge in [-0.3, -0.25) is 9.59 Å². The third kappa shape index (κ3) is 49.8. The highest BCUT2D eigenvalue weighted by Crippen LogP contribution is 2.17. The number of carbonyl (C=O) groups excluding carboxylic acids is 2. The number of unbranched alkanes of at least 4 members (excludes halogenated alkanes) is 40. The molecule has 0 radical (unpaired) electrons. The molecule has 0 spiro atoms. The van der Waals surface area contributed by atoms with E-state index in [2.05, 4.69) is 31.3 Å². The van der Waals surface area contributed by atoms with Crippen molar-refractivity contribution in [1.82, 2.24) is 5.32 Å². The molecule has 0 aliphatic heterocycles. The average Bonchev–Trinajstić information content (AvgIpc) is 3.29. The van der Waals surface area contributed by atoms with Gasteiger partial charge in [0.15, 0.2) is 0 Å². The van der Waals surface area contributed by atoms with Crippen LogP contribution in [0.3, 0.4) is 0 Å². The molecule has 0 rings (SSSR count). The van der Waals surface area contributed by atoms with Gasteiger partial charge < -0.3 is 20.3 Å². The molecule has 0 heterocycles. The Morgan fingerprint density at radius 1 is 0.422 bits per heavy atom. The van der Waals surface area contributed by atoms with Crippen LogP contribution in [0.25, 0.3) is 0 Å². The normalized spacial score (nSPS) is 12.8. The fourth-order valence-corrected chi connectivity index (χ4v) is 8.81. The van der Waals surface area contributed by atoms with Gasteiger partial charge in [0.25, 0.3) is 0 Å². The molecule has 2 unspecified atom stereocenters. The first-order valence-corrected chi connectivity index (χ1v) is 28.6. The molecule has 0 aromatic heterocycles. The molecule has 3 N–H and O–H groups in total. The molecular weight excluding hydrogens is 791 g/mol. The van der Waals surface area contributed by atoms with Crippen molar-refractivity contribution in [2.45, 2.75) is 321 Å². The lowest BCUT2D eigenvalue weighted by Crippen LogP contribution is -2.45. The standard InChI is InChI=1S/C58H111NO5/c1-3-5-7-9-11-13-15-17-18-23-27-30-34-38-42-46-50-56(61)55(54-60)59-57(62)51-47-43-39-35-31-28-24-21-19-20-22-25-29-33-37-41-45-49-53-64-58(63)52-48-44-40-36-32-26-16-14-12-10-8-6-4-2/h14,16,46,50,55-56,60-61H,3-13,15,17-45,47-49,51-54H2,1-2H3,(H,59,62)/b16-14-,50-46+. The van der Waals surface area contributed by atoms with E-state index in [1.165, 1.54) is 238 Å². The van der Waals surface area contributed by atoms with E-state index in [0.29, 0.717) is 19.4 Å². The van der Waals surface area contributed by atoms with Gasteiger partial charge in [0.1, 0.15) is 0 Å². The van der Waals surface area contributed by atoms with Crippen molar-refractivity contribution in [1.29, 1.82) is 0 Å². The predicted octanol–water partition coefficient (Wildman–Crippen LogP) is 17.5. The number of aliphatic hydroxyl groups is 2. The van der Waals surface area contributed by atoms with Crippen LogP contribution in [-0.2, 0) is 14.3 Å². The van der Waals surface area contributed by atoms with Crippen molar-refractivity contribution in [2.24, 2.45) is 0 Å². The molecule has 0 saturated carbocycles. The van der Waals surface area contributed by atoms with Crippen molar-refractivity contribution in [2.75, 3.05) is 13.2 Å². The Balaban J connectivity index is 3.44.